The first-order valence-corrected chi connectivity index (χ1v) is 7.81. The monoisotopic (exact) mass is 289 g/mol. The number of aliphatic hydroxyl groups is 1. The molecule has 2 aliphatic rings. The van der Waals surface area contributed by atoms with Crippen molar-refractivity contribution in [3.8, 4) is 0 Å². The molecule has 4 nitrogen and oxygen atoms in total. The quantitative estimate of drug-likeness (QED) is 0.813. The molecule has 21 heavy (non-hydrogen) atoms. The van der Waals surface area contributed by atoms with Gasteiger partial charge in [0.05, 0.1) is 12.7 Å². The number of fused-ring (bicyclic) bond motifs is 1. The zero-order chi connectivity index (χ0) is 14.7. The molecule has 1 aromatic carbocycles. The summed E-state index contributed by atoms with van der Waals surface area (Å²) in [5.74, 6) is 1.08. The number of aliphatic hydroxyl groups excluding tert-OH is 1. The molecule has 1 amide bonds. The highest BCUT2D eigenvalue weighted by molar-refractivity contribution is 5.76. The van der Waals surface area contributed by atoms with E-state index in [0.29, 0.717) is 31.5 Å². The van der Waals surface area contributed by atoms with Gasteiger partial charge in [-0.15, -0.1) is 0 Å². The Hall–Kier alpha value is -1.39. The number of benzene rings is 1. The van der Waals surface area contributed by atoms with Crippen molar-refractivity contribution < 1.29 is 14.6 Å². The molecule has 1 aliphatic carbocycles. The summed E-state index contributed by atoms with van der Waals surface area (Å²) < 4.78 is 5.59. The van der Waals surface area contributed by atoms with Crippen molar-refractivity contribution in [2.24, 2.45) is 11.8 Å². The number of ether oxygens (including phenoxy) is 1. The molecule has 1 heterocycles. The van der Waals surface area contributed by atoms with Gasteiger partial charge in [0.25, 0.3) is 0 Å². The lowest BCUT2D eigenvalue weighted by atomic mass is 9.74. The Labute approximate surface area is 125 Å². The minimum Gasteiger partial charge on any atom is -0.393 e. The highest BCUT2D eigenvalue weighted by Crippen LogP contribution is 2.40. The second kappa shape index (κ2) is 6.58. The van der Waals surface area contributed by atoms with Crippen LogP contribution >= 0.6 is 0 Å². The van der Waals surface area contributed by atoms with Crippen LogP contribution in [-0.2, 0) is 16.1 Å². The largest absolute Gasteiger partial charge is 0.393 e. The van der Waals surface area contributed by atoms with Crippen molar-refractivity contribution in [3.63, 3.8) is 0 Å². The van der Waals surface area contributed by atoms with Crippen LogP contribution in [-0.4, -0.2) is 41.7 Å². The van der Waals surface area contributed by atoms with Crippen LogP contribution in [0.2, 0.25) is 0 Å². The Morgan fingerprint density at radius 3 is 2.81 bits per heavy atom. The molecule has 0 radical (unpaired) electrons. The van der Waals surface area contributed by atoms with Gasteiger partial charge in [-0.1, -0.05) is 30.3 Å². The smallest absolute Gasteiger partial charge is 0.222 e. The summed E-state index contributed by atoms with van der Waals surface area (Å²) >= 11 is 0. The van der Waals surface area contributed by atoms with E-state index in [0.717, 1.165) is 31.5 Å². The number of hydrogen-bond donors (Lipinski definition) is 1. The highest BCUT2D eigenvalue weighted by atomic mass is 16.5. The predicted octanol–water partition coefficient (Wildman–Crippen LogP) is 1.82. The summed E-state index contributed by atoms with van der Waals surface area (Å²) in [4.78, 5) is 14.0. The topological polar surface area (TPSA) is 49.8 Å². The fourth-order valence-corrected chi connectivity index (χ4v) is 3.32. The molecule has 1 aromatic rings. The zero-order valence-electron chi connectivity index (χ0n) is 12.3. The van der Waals surface area contributed by atoms with E-state index in [1.807, 2.05) is 35.2 Å². The van der Waals surface area contributed by atoms with Crippen molar-refractivity contribution in [2.75, 3.05) is 19.7 Å². The molecule has 1 N–H and O–H groups in total. The summed E-state index contributed by atoms with van der Waals surface area (Å²) in [6.45, 7) is 2.81. The lowest BCUT2D eigenvalue weighted by Gasteiger charge is -2.34. The van der Waals surface area contributed by atoms with Crippen LogP contribution in [0, 0.1) is 11.8 Å². The fourth-order valence-electron chi connectivity index (χ4n) is 3.32. The fraction of sp³-hybridized carbons (Fsp3) is 0.588. The van der Waals surface area contributed by atoms with Crippen LogP contribution in [0.4, 0.5) is 0 Å². The maximum absolute atomic E-state index is 12.1. The number of nitrogens with zero attached hydrogens (tertiary/aromatic N) is 1. The first kappa shape index (κ1) is 14.5. The molecular weight excluding hydrogens is 266 g/mol. The molecule has 0 bridgehead atoms. The number of likely N-dealkylation sites (tertiary alicyclic amines) is 1. The van der Waals surface area contributed by atoms with E-state index < -0.39 is 0 Å². The molecule has 0 spiro atoms. The van der Waals surface area contributed by atoms with Crippen LogP contribution in [0.25, 0.3) is 0 Å². The van der Waals surface area contributed by atoms with E-state index in [1.54, 1.807) is 0 Å². The van der Waals surface area contributed by atoms with E-state index in [4.69, 9.17) is 4.74 Å². The summed E-state index contributed by atoms with van der Waals surface area (Å²) in [5, 5.41) is 9.61. The maximum Gasteiger partial charge on any atom is 0.222 e. The summed E-state index contributed by atoms with van der Waals surface area (Å²) in [5.41, 5.74) is 1.16. The minimum atomic E-state index is -0.179. The van der Waals surface area contributed by atoms with E-state index >= 15 is 0 Å². The number of carbonyl (C=O) groups excluding carboxylic acids is 1. The predicted molar refractivity (Wildman–Crippen MR) is 79.5 cm³/mol. The van der Waals surface area contributed by atoms with Gasteiger partial charge in [-0.3, -0.25) is 4.79 Å². The molecule has 1 saturated heterocycles. The minimum absolute atomic E-state index is 0.179. The van der Waals surface area contributed by atoms with Gasteiger partial charge < -0.3 is 14.7 Å². The van der Waals surface area contributed by atoms with Crippen LogP contribution in [0.3, 0.4) is 0 Å². The van der Waals surface area contributed by atoms with Gasteiger partial charge in [-0.05, 0) is 24.3 Å². The van der Waals surface area contributed by atoms with Crippen molar-refractivity contribution in [2.45, 2.75) is 32.0 Å². The summed E-state index contributed by atoms with van der Waals surface area (Å²) in [6.07, 6.45) is 2.00. The zero-order valence-corrected chi connectivity index (χ0v) is 12.3. The first-order chi connectivity index (χ1) is 10.2. The lowest BCUT2D eigenvalue weighted by molar-refractivity contribution is -0.130. The normalized spacial score (nSPS) is 27.3. The van der Waals surface area contributed by atoms with Crippen molar-refractivity contribution in [1.82, 2.24) is 4.90 Å². The summed E-state index contributed by atoms with van der Waals surface area (Å²) in [7, 11) is 0. The third kappa shape index (κ3) is 3.44. The van der Waals surface area contributed by atoms with Gasteiger partial charge in [0.15, 0.2) is 0 Å². The molecule has 4 heteroatoms. The van der Waals surface area contributed by atoms with E-state index in [-0.39, 0.29) is 12.0 Å². The first-order valence-electron chi connectivity index (χ1n) is 7.81. The Balaban J connectivity index is 1.30. The second-order valence-electron chi connectivity index (χ2n) is 6.17. The van der Waals surface area contributed by atoms with Crippen LogP contribution in [0.5, 0.6) is 0 Å². The molecular formula is C17H23NO3. The number of hydrogen-bond acceptors (Lipinski definition) is 3. The number of rotatable bonds is 6. The van der Waals surface area contributed by atoms with Gasteiger partial charge >= 0.3 is 0 Å². The molecule has 114 valence electrons. The van der Waals surface area contributed by atoms with Crippen molar-refractivity contribution in [3.05, 3.63) is 35.9 Å². The van der Waals surface area contributed by atoms with Gasteiger partial charge in [-0.2, -0.15) is 0 Å². The van der Waals surface area contributed by atoms with Crippen molar-refractivity contribution in [1.29, 1.82) is 0 Å². The highest BCUT2D eigenvalue weighted by Gasteiger charge is 2.47. The van der Waals surface area contributed by atoms with Gasteiger partial charge in [0.2, 0.25) is 5.91 Å². The average Bonchev–Trinajstić information content (AvgIpc) is 2.85. The molecule has 0 unspecified atom stereocenters. The van der Waals surface area contributed by atoms with Crippen LogP contribution in [0.15, 0.2) is 30.3 Å². The second-order valence-corrected chi connectivity index (χ2v) is 6.17. The maximum atomic E-state index is 12.1. The Morgan fingerprint density at radius 2 is 2.10 bits per heavy atom. The third-order valence-electron chi connectivity index (χ3n) is 4.67. The van der Waals surface area contributed by atoms with Crippen LogP contribution < -0.4 is 0 Å². The molecule has 0 aromatic heterocycles. The van der Waals surface area contributed by atoms with E-state index in [2.05, 4.69) is 0 Å². The Bertz CT molecular complexity index is 476. The number of carbonyl (C=O) groups is 1. The average molecular weight is 289 g/mol. The van der Waals surface area contributed by atoms with Gasteiger partial charge in [0.1, 0.15) is 0 Å². The third-order valence-corrected chi connectivity index (χ3v) is 4.67. The van der Waals surface area contributed by atoms with Crippen molar-refractivity contribution >= 4 is 5.91 Å². The molecule has 1 aliphatic heterocycles. The van der Waals surface area contributed by atoms with E-state index in [9.17, 15) is 9.90 Å². The van der Waals surface area contributed by atoms with Gasteiger partial charge in [0, 0.05) is 32.0 Å². The Kier molecular flexibility index (Phi) is 4.56. The lowest BCUT2D eigenvalue weighted by Crippen LogP contribution is -2.39. The SMILES string of the molecule is O=C(CCCOCc1ccccc1)N1C[C@H]2C[C@@H](O)[C@H]2C1. The Morgan fingerprint density at radius 1 is 1.29 bits per heavy atom. The molecule has 1 saturated carbocycles. The number of amides is 1. The van der Waals surface area contributed by atoms with Crippen LogP contribution in [0.1, 0.15) is 24.8 Å². The summed E-state index contributed by atoms with van der Waals surface area (Å²) in [6, 6.07) is 10.1. The molecule has 3 rings (SSSR count). The molecule has 3 atom stereocenters. The van der Waals surface area contributed by atoms with E-state index in [1.165, 1.54) is 0 Å². The standard InChI is InChI=1S/C17H23NO3/c19-16-9-14-10-18(11-15(14)16)17(20)7-4-8-21-12-13-5-2-1-3-6-13/h1-3,5-6,14-16,19H,4,7-12H2/t14-,15+,16-/m1/s1. The van der Waals surface area contributed by atoms with Gasteiger partial charge in [-0.25, -0.2) is 0 Å². The molecule has 2 fully saturated rings.